The van der Waals surface area contributed by atoms with Crippen molar-refractivity contribution in [3.05, 3.63) is 23.9 Å². The van der Waals surface area contributed by atoms with E-state index in [9.17, 15) is 9.59 Å². The molecule has 1 heterocycles. The highest BCUT2D eigenvalue weighted by Gasteiger charge is 2.35. The van der Waals surface area contributed by atoms with Crippen LogP contribution in [-0.2, 0) is 4.79 Å². The monoisotopic (exact) mass is 278 g/mol. The third-order valence-corrected chi connectivity index (χ3v) is 3.34. The van der Waals surface area contributed by atoms with Gasteiger partial charge in [0.1, 0.15) is 5.56 Å². The first-order valence-electron chi connectivity index (χ1n) is 6.57. The van der Waals surface area contributed by atoms with Crippen LogP contribution in [0.2, 0.25) is 0 Å². The number of carbonyl (C=O) groups excluding carboxylic acids is 1. The SMILES string of the molecule is COc1ncccc1C(=O)N(CC(C)C(=O)O)C1CC1. The van der Waals surface area contributed by atoms with Crippen LogP contribution in [0.5, 0.6) is 5.88 Å². The molecule has 1 aromatic heterocycles. The second-order valence-corrected chi connectivity index (χ2v) is 4.99. The Bertz CT molecular complexity index is 514. The third-order valence-electron chi connectivity index (χ3n) is 3.34. The standard InChI is InChI=1S/C14H18N2O4/c1-9(14(18)19)8-16(10-5-6-10)13(17)11-4-3-7-15-12(11)20-2/h3-4,7,9-10H,5-6,8H2,1-2H3,(H,18,19). The summed E-state index contributed by atoms with van der Waals surface area (Å²) in [5.41, 5.74) is 0.375. The number of amides is 1. The summed E-state index contributed by atoms with van der Waals surface area (Å²) in [5, 5.41) is 9.01. The molecule has 0 saturated heterocycles. The maximum Gasteiger partial charge on any atom is 0.308 e. The van der Waals surface area contributed by atoms with Gasteiger partial charge in [-0.3, -0.25) is 9.59 Å². The average molecular weight is 278 g/mol. The van der Waals surface area contributed by atoms with Crippen LogP contribution in [0.25, 0.3) is 0 Å². The number of rotatable bonds is 6. The number of ether oxygens (including phenoxy) is 1. The van der Waals surface area contributed by atoms with E-state index in [0.29, 0.717) is 5.56 Å². The predicted octanol–water partition coefficient (Wildman–Crippen LogP) is 1.42. The van der Waals surface area contributed by atoms with E-state index in [1.807, 2.05) is 0 Å². The molecule has 1 fully saturated rings. The number of methoxy groups -OCH3 is 1. The molecule has 6 heteroatoms. The van der Waals surface area contributed by atoms with Gasteiger partial charge in [0.05, 0.1) is 13.0 Å². The summed E-state index contributed by atoms with van der Waals surface area (Å²) < 4.78 is 5.09. The molecule has 1 unspecified atom stereocenters. The van der Waals surface area contributed by atoms with E-state index >= 15 is 0 Å². The first kappa shape index (κ1) is 14.3. The van der Waals surface area contributed by atoms with Gasteiger partial charge in [-0.15, -0.1) is 0 Å². The van der Waals surface area contributed by atoms with Crippen LogP contribution in [0.4, 0.5) is 0 Å². The molecule has 6 nitrogen and oxygen atoms in total. The molecule has 1 aromatic rings. The molecule has 20 heavy (non-hydrogen) atoms. The number of nitrogens with zero attached hydrogens (tertiary/aromatic N) is 2. The van der Waals surface area contributed by atoms with E-state index < -0.39 is 11.9 Å². The number of pyridine rings is 1. The topological polar surface area (TPSA) is 79.7 Å². The smallest absolute Gasteiger partial charge is 0.308 e. The molecule has 108 valence electrons. The number of hydrogen-bond donors (Lipinski definition) is 1. The highest BCUT2D eigenvalue weighted by molar-refractivity contribution is 5.97. The number of carboxylic acid groups (broad SMARTS) is 1. The maximum atomic E-state index is 12.6. The highest BCUT2D eigenvalue weighted by Crippen LogP contribution is 2.30. The molecule has 1 N–H and O–H groups in total. The summed E-state index contributed by atoms with van der Waals surface area (Å²) >= 11 is 0. The molecule has 0 bridgehead atoms. The van der Waals surface area contributed by atoms with E-state index in [4.69, 9.17) is 9.84 Å². The Morgan fingerprint density at radius 1 is 1.55 bits per heavy atom. The molecular formula is C14H18N2O4. The lowest BCUT2D eigenvalue weighted by molar-refractivity contribution is -0.141. The van der Waals surface area contributed by atoms with Crippen molar-refractivity contribution in [2.24, 2.45) is 5.92 Å². The van der Waals surface area contributed by atoms with Gasteiger partial charge in [0.15, 0.2) is 0 Å². The number of hydrogen-bond acceptors (Lipinski definition) is 4. The molecule has 1 saturated carbocycles. The lowest BCUT2D eigenvalue weighted by atomic mass is 10.1. The van der Waals surface area contributed by atoms with Crippen molar-refractivity contribution in [1.29, 1.82) is 0 Å². The van der Waals surface area contributed by atoms with E-state index in [1.54, 1.807) is 30.2 Å². The van der Waals surface area contributed by atoms with Gasteiger partial charge in [0, 0.05) is 18.8 Å². The maximum absolute atomic E-state index is 12.6. The highest BCUT2D eigenvalue weighted by atomic mass is 16.5. The van der Waals surface area contributed by atoms with Crippen LogP contribution in [0.15, 0.2) is 18.3 Å². The van der Waals surface area contributed by atoms with E-state index in [1.165, 1.54) is 7.11 Å². The van der Waals surface area contributed by atoms with Crippen LogP contribution in [0, 0.1) is 5.92 Å². The molecule has 2 rings (SSSR count). The number of aliphatic carboxylic acids is 1. The van der Waals surface area contributed by atoms with E-state index in [0.717, 1.165) is 12.8 Å². The fraction of sp³-hybridized carbons (Fsp3) is 0.500. The van der Waals surface area contributed by atoms with E-state index in [-0.39, 0.29) is 24.4 Å². The lowest BCUT2D eigenvalue weighted by Gasteiger charge is -2.24. The molecule has 1 atom stereocenters. The van der Waals surface area contributed by atoms with Crippen LogP contribution in [0.3, 0.4) is 0 Å². The molecule has 1 amide bonds. The number of aromatic nitrogens is 1. The Hall–Kier alpha value is -2.11. The first-order valence-corrected chi connectivity index (χ1v) is 6.57. The largest absolute Gasteiger partial charge is 0.481 e. The molecule has 0 radical (unpaired) electrons. The second-order valence-electron chi connectivity index (χ2n) is 4.99. The van der Waals surface area contributed by atoms with Crippen molar-refractivity contribution in [2.75, 3.05) is 13.7 Å². The normalized spacial score (nSPS) is 15.5. The minimum absolute atomic E-state index is 0.134. The minimum Gasteiger partial charge on any atom is -0.481 e. The molecule has 0 spiro atoms. The summed E-state index contributed by atoms with van der Waals surface area (Å²) in [5.74, 6) is -1.44. The summed E-state index contributed by atoms with van der Waals surface area (Å²) in [6.45, 7) is 1.81. The number of carbonyl (C=O) groups is 2. The van der Waals surface area contributed by atoms with Gasteiger partial charge in [-0.1, -0.05) is 6.92 Å². The van der Waals surface area contributed by atoms with Gasteiger partial charge in [-0.25, -0.2) is 4.98 Å². The predicted molar refractivity (Wildman–Crippen MR) is 71.6 cm³/mol. The fourth-order valence-electron chi connectivity index (χ4n) is 2.03. The lowest BCUT2D eigenvalue weighted by Crippen LogP contribution is -2.38. The average Bonchev–Trinajstić information content (AvgIpc) is 3.28. The first-order chi connectivity index (χ1) is 9.54. The fourth-order valence-corrected chi connectivity index (χ4v) is 2.03. The summed E-state index contributed by atoms with van der Waals surface area (Å²) in [4.78, 5) is 29.2. The Morgan fingerprint density at radius 2 is 2.25 bits per heavy atom. The summed E-state index contributed by atoms with van der Waals surface area (Å²) in [6, 6.07) is 3.45. The molecule has 0 aliphatic heterocycles. The van der Waals surface area contributed by atoms with Crippen LogP contribution in [0.1, 0.15) is 30.1 Å². The third kappa shape index (κ3) is 3.07. The van der Waals surface area contributed by atoms with Gasteiger partial charge < -0.3 is 14.7 Å². The van der Waals surface area contributed by atoms with Crippen molar-refractivity contribution in [1.82, 2.24) is 9.88 Å². The van der Waals surface area contributed by atoms with E-state index in [2.05, 4.69) is 4.98 Å². The van der Waals surface area contributed by atoms with Crippen molar-refractivity contribution in [3.63, 3.8) is 0 Å². The van der Waals surface area contributed by atoms with Crippen LogP contribution >= 0.6 is 0 Å². The Kier molecular flexibility index (Phi) is 4.22. The summed E-state index contributed by atoms with van der Waals surface area (Å²) in [6.07, 6.45) is 3.39. The van der Waals surface area contributed by atoms with Gasteiger partial charge in [0.25, 0.3) is 5.91 Å². The Morgan fingerprint density at radius 3 is 2.80 bits per heavy atom. The Labute approximate surface area is 117 Å². The second kappa shape index (κ2) is 5.90. The quantitative estimate of drug-likeness (QED) is 0.851. The van der Waals surface area contributed by atoms with Gasteiger partial charge in [-0.05, 0) is 25.0 Å². The van der Waals surface area contributed by atoms with Gasteiger partial charge >= 0.3 is 5.97 Å². The van der Waals surface area contributed by atoms with Crippen molar-refractivity contribution >= 4 is 11.9 Å². The summed E-state index contributed by atoms with van der Waals surface area (Å²) in [7, 11) is 1.46. The molecule has 1 aliphatic carbocycles. The zero-order valence-electron chi connectivity index (χ0n) is 11.6. The minimum atomic E-state index is -0.901. The van der Waals surface area contributed by atoms with Crippen LogP contribution in [-0.4, -0.2) is 46.6 Å². The molecule has 1 aliphatic rings. The van der Waals surface area contributed by atoms with Crippen molar-refractivity contribution in [2.45, 2.75) is 25.8 Å². The van der Waals surface area contributed by atoms with Crippen LogP contribution < -0.4 is 4.74 Å². The Balaban J connectivity index is 2.21. The molecule has 0 aromatic carbocycles. The van der Waals surface area contributed by atoms with Gasteiger partial charge in [0.2, 0.25) is 5.88 Å². The number of carboxylic acids is 1. The van der Waals surface area contributed by atoms with Crippen molar-refractivity contribution < 1.29 is 19.4 Å². The zero-order chi connectivity index (χ0) is 14.7. The zero-order valence-corrected chi connectivity index (χ0v) is 11.6. The molecular weight excluding hydrogens is 260 g/mol. The van der Waals surface area contributed by atoms with Crippen molar-refractivity contribution in [3.8, 4) is 5.88 Å². The van der Waals surface area contributed by atoms with Gasteiger partial charge in [-0.2, -0.15) is 0 Å².